The smallest absolute Gasteiger partial charge is 0.0726 e. The van der Waals surface area contributed by atoms with Gasteiger partial charge in [0, 0.05) is 16.5 Å². The van der Waals surface area contributed by atoms with Crippen LogP contribution in [0.2, 0.25) is 0 Å². The van der Waals surface area contributed by atoms with E-state index in [-0.39, 0.29) is 0 Å². The summed E-state index contributed by atoms with van der Waals surface area (Å²) in [6.07, 6.45) is 0. The first-order valence-electron chi connectivity index (χ1n) is 17.4. The second-order valence-corrected chi connectivity index (χ2v) is 13.7. The largest absolute Gasteiger partial charge is 0.309 e. The van der Waals surface area contributed by atoms with Crippen molar-refractivity contribution in [3.8, 4) is 50.2 Å². The van der Waals surface area contributed by atoms with Gasteiger partial charge >= 0.3 is 0 Å². The molecule has 0 amide bonds. The van der Waals surface area contributed by atoms with Crippen LogP contribution in [0.5, 0.6) is 0 Å². The Hall–Kier alpha value is -6.44. The number of benzene rings is 8. The van der Waals surface area contributed by atoms with Crippen LogP contribution in [0.1, 0.15) is 22.3 Å². The van der Waals surface area contributed by atoms with E-state index in [2.05, 4.69) is 193 Å². The maximum Gasteiger partial charge on any atom is 0.0726 e. The lowest BCUT2D eigenvalue weighted by molar-refractivity contribution is 0.794. The van der Waals surface area contributed by atoms with E-state index < -0.39 is 5.41 Å². The Kier molecular flexibility index (Phi) is 5.66. The standard InChI is InChI=1S/C49H31N/c1-3-15-32(16-4-1)34-27-35(33-17-5-2-6-18-33)29-36(28-34)50-47-26-14-10-22-40(47)42-30-41-39-21-9-13-25-45(39)49(46(41)31-48(42)50)43-23-11-7-19-37(43)38-20-8-12-24-44(38)49/h1-31H. The Bertz CT molecular complexity index is 2700. The van der Waals surface area contributed by atoms with E-state index in [1.807, 2.05) is 0 Å². The molecule has 0 N–H and O–H groups in total. The van der Waals surface area contributed by atoms with Crippen molar-refractivity contribution in [2.75, 3.05) is 0 Å². The molecule has 1 aromatic heterocycles. The number of nitrogens with zero attached hydrogens (tertiary/aromatic N) is 1. The molecule has 0 unspecified atom stereocenters. The SMILES string of the molecule is c1ccc(-c2cc(-c3ccccc3)cc(-n3c4ccccc4c4cc5c(cc43)C3(c4ccccc4-c4ccccc43)c3ccccc3-5)c2)cc1. The van der Waals surface area contributed by atoms with Crippen LogP contribution in [0.4, 0.5) is 0 Å². The monoisotopic (exact) mass is 633 g/mol. The van der Waals surface area contributed by atoms with E-state index in [1.165, 1.54) is 88.6 Å². The lowest BCUT2D eigenvalue weighted by Crippen LogP contribution is -2.25. The average molecular weight is 634 g/mol. The summed E-state index contributed by atoms with van der Waals surface area (Å²) >= 11 is 0. The lowest BCUT2D eigenvalue weighted by Gasteiger charge is -2.30. The van der Waals surface area contributed by atoms with Gasteiger partial charge in [-0.25, -0.2) is 0 Å². The minimum atomic E-state index is -0.393. The van der Waals surface area contributed by atoms with Gasteiger partial charge in [-0.3, -0.25) is 0 Å². The molecule has 0 saturated heterocycles. The van der Waals surface area contributed by atoms with Crippen molar-refractivity contribution in [2.24, 2.45) is 0 Å². The molecule has 0 aliphatic heterocycles. The summed E-state index contributed by atoms with van der Waals surface area (Å²) < 4.78 is 2.51. The molecule has 232 valence electrons. The van der Waals surface area contributed by atoms with Crippen LogP contribution in [0.15, 0.2) is 188 Å². The van der Waals surface area contributed by atoms with E-state index in [1.54, 1.807) is 0 Å². The number of fused-ring (bicyclic) bond motifs is 13. The Morgan fingerprint density at radius 1 is 0.300 bits per heavy atom. The second-order valence-electron chi connectivity index (χ2n) is 13.7. The molecule has 0 radical (unpaired) electrons. The van der Waals surface area contributed by atoms with Crippen LogP contribution in [-0.2, 0) is 5.41 Å². The number of hydrogen-bond donors (Lipinski definition) is 0. The molecule has 1 heteroatoms. The molecule has 1 spiro atoms. The van der Waals surface area contributed by atoms with E-state index in [4.69, 9.17) is 0 Å². The van der Waals surface area contributed by atoms with Crippen molar-refractivity contribution >= 4 is 21.8 Å². The quantitative estimate of drug-likeness (QED) is 0.182. The molecule has 1 heterocycles. The van der Waals surface area contributed by atoms with Gasteiger partial charge in [0.2, 0.25) is 0 Å². The zero-order valence-corrected chi connectivity index (χ0v) is 27.3. The first-order chi connectivity index (χ1) is 24.8. The molecular weight excluding hydrogens is 603 g/mol. The molecule has 0 atom stereocenters. The molecule has 2 aliphatic rings. The summed E-state index contributed by atoms with van der Waals surface area (Å²) in [5.41, 5.74) is 18.8. The minimum Gasteiger partial charge on any atom is -0.309 e. The molecule has 0 fully saturated rings. The van der Waals surface area contributed by atoms with Gasteiger partial charge < -0.3 is 4.57 Å². The fourth-order valence-electron chi connectivity index (χ4n) is 9.17. The predicted octanol–water partition coefficient (Wildman–Crippen LogP) is 12.5. The van der Waals surface area contributed by atoms with Crippen LogP contribution < -0.4 is 0 Å². The van der Waals surface area contributed by atoms with Crippen molar-refractivity contribution in [3.63, 3.8) is 0 Å². The molecule has 1 nitrogen and oxygen atoms in total. The summed E-state index contributed by atoms with van der Waals surface area (Å²) in [5, 5.41) is 2.54. The summed E-state index contributed by atoms with van der Waals surface area (Å²) in [6, 6.07) is 69.7. The highest BCUT2D eigenvalue weighted by atomic mass is 15.0. The van der Waals surface area contributed by atoms with Gasteiger partial charge in [-0.2, -0.15) is 0 Å². The highest BCUT2D eigenvalue weighted by molar-refractivity contribution is 6.12. The lowest BCUT2D eigenvalue weighted by atomic mass is 9.70. The van der Waals surface area contributed by atoms with Crippen molar-refractivity contribution in [3.05, 3.63) is 210 Å². The third-order valence-corrected chi connectivity index (χ3v) is 11.2. The van der Waals surface area contributed by atoms with Crippen LogP contribution in [0, 0.1) is 0 Å². The number of rotatable bonds is 3. The molecule has 0 saturated carbocycles. The van der Waals surface area contributed by atoms with Gasteiger partial charge in [-0.05, 0) is 103 Å². The fraction of sp³-hybridized carbons (Fsp3) is 0.0204. The van der Waals surface area contributed by atoms with Gasteiger partial charge in [0.15, 0.2) is 0 Å². The van der Waals surface area contributed by atoms with Gasteiger partial charge in [0.1, 0.15) is 0 Å². The van der Waals surface area contributed by atoms with E-state index in [0.717, 1.165) is 5.69 Å². The number of hydrogen-bond acceptors (Lipinski definition) is 0. The highest BCUT2D eigenvalue weighted by Gasteiger charge is 2.51. The average Bonchev–Trinajstić information content (AvgIpc) is 3.79. The van der Waals surface area contributed by atoms with Gasteiger partial charge in [-0.15, -0.1) is 0 Å². The van der Waals surface area contributed by atoms with Gasteiger partial charge in [0.05, 0.1) is 16.4 Å². The summed E-state index contributed by atoms with van der Waals surface area (Å²) in [7, 11) is 0. The summed E-state index contributed by atoms with van der Waals surface area (Å²) in [6.45, 7) is 0. The molecule has 11 rings (SSSR count). The Morgan fingerprint density at radius 2 is 0.780 bits per heavy atom. The summed E-state index contributed by atoms with van der Waals surface area (Å²) in [4.78, 5) is 0. The minimum absolute atomic E-state index is 0.393. The van der Waals surface area contributed by atoms with Crippen LogP contribution in [-0.4, -0.2) is 4.57 Å². The summed E-state index contributed by atoms with van der Waals surface area (Å²) in [5.74, 6) is 0. The van der Waals surface area contributed by atoms with Crippen LogP contribution in [0.3, 0.4) is 0 Å². The van der Waals surface area contributed by atoms with E-state index in [0.29, 0.717) is 0 Å². The third kappa shape index (κ3) is 3.61. The Labute approximate surface area is 291 Å². The zero-order valence-electron chi connectivity index (χ0n) is 27.3. The van der Waals surface area contributed by atoms with Crippen molar-refractivity contribution in [1.29, 1.82) is 0 Å². The van der Waals surface area contributed by atoms with Crippen LogP contribution in [0.25, 0.3) is 72.0 Å². The maximum absolute atomic E-state index is 2.53. The molecule has 50 heavy (non-hydrogen) atoms. The second kappa shape index (κ2) is 10.3. The molecule has 8 aromatic carbocycles. The first-order valence-corrected chi connectivity index (χ1v) is 17.4. The predicted molar refractivity (Wildman–Crippen MR) is 208 cm³/mol. The number of para-hydroxylation sites is 1. The zero-order chi connectivity index (χ0) is 32.8. The fourth-order valence-corrected chi connectivity index (χ4v) is 9.17. The Morgan fingerprint density at radius 3 is 1.36 bits per heavy atom. The normalized spacial score (nSPS) is 13.4. The van der Waals surface area contributed by atoms with Crippen molar-refractivity contribution < 1.29 is 0 Å². The van der Waals surface area contributed by atoms with E-state index >= 15 is 0 Å². The topological polar surface area (TPSA) is 4.93 Å². The van der Waals surface area contributed by atoms with Gasteiger partial charge in [0.25, 0.3) is 0 Å². The third-order valence-electron chi connectivity index (χ3n) is 11.2. The number of aromatic nitrogens is 1. The first kappa shape index (κ1) is 27.5. The maximum atomic E-state index is 2.53. The molecular formula is C49H31N. The highest BCUT2D eigenvalue weighted by Crippen LogP contribution is 2.63. The molecule has 2 aliphatic carbocycles. The van der Waals surface area contributed by atoms with Crippen molar-refractivity contribution in [1.82, 2.24) is 4.57 Å². The molecule has 9 aromatic rings. The molecule has 0 bridgehead atoms. The Balaban J connectivity index is 1.27. The van der Waals surface area contributed by atoms with Crippen LogP contribution >= 0.6 is 0 Å². The van der Waals surface area contributed by atoms with Crippen molar-refractivity contribution in [2.45, 2.75) is 5.41 Å². The van der Waals surface area contributed by atoms with Gasteiger partial charge in [-0.1, -0.05) is 152 Å². The van der Waals surface area contributed by atoms with E-state index in [9.17, 15) is 0 Å².